The highest BCUT2D eigenvalue weighted by Crippen LogP contribution is 2.16. The zero-order chi connectivity index (χ0) is 5.86. The molecule has 0 saturated carbocycles. The lowest BCUT2D eigenvalue weighted by atomic mass is 10.3. The molecule has 0 fully saturated rings. The van der Waals surface area contributed by atoms with Gasteiger partial charge in [0.05, 0.1) is 0 Å². The topological polar surface area (TPSA) is 0 Å². The molecule has 0 aromatic heterocycles. The molecule has 3 heteroatoms. The Kier molecular flexibility index (Phi) is 2.79. The van der Waals surface area contributed by atoms with Crippen molar-refractivity contribution >= 4 is 0 Å². The smallest absolute Gasteiger partial charge is 0.234 e. The van der Waals surface area contributed by atoms with Gasteiger partial charge >= 0.3 is 0 Å². The van der Waals surface area contributed by atoms with E-state index in [1.807, 2.05) is 0 Å². The molecule has 0 spiro atoms. The van der Waals surface area contributed by atoms with E-state index in [-0.39, 0.29) is 6.42 Å². The third-order valence-corrected chi connectivity index (χ3v) is 0.575. The lowest BCUT2D eigenvalue weighted by Crippen LogP contribution is -1.99. The summed E-state index contributed by atoms with van der Waals surface area (Å²) in [6.45, 7) is 1.35. The van der Waals surface area contributed by atoms with Gasteiger partial charge in [-0.25, -0.2) is 13.2 Å². The van der Waals surface area contributed by atoms with Gasteiger partial charge in [0, 0.05) is 0 Å². The average molecular weight is 111 g/mol. The highest BCUT2D eigenvalue weighted by molar-refractivity contribution is 4.75. The highest BCUT2D eigenvalue weighted by Gasteiger charge is 2.17. The van der Waals surface area contributed by atoms with E-state index >= 15 is 0 Å². The second-order valence-electron chi connectivity index (χ2n) is 1.10. The molecule has 0 aliphatic rings. The van der Waals surface area contributed by atoms with Gasteiger partial charge < -0.3 is 0 Å². The van der Waals surface area contributed by atoms with Crippen LogP contribution >= 0.6 is 0 Å². The minimum absolute atomic E-state index is 0.183. The van der Waals surface area contributed by atoms with E-state index in [1.165, 1.54) is 6.92 Å². The largest absolute Gasteiger partial charge is 0.275 e. The first-order valence-corrected chi connectivity index (χ1v) is 1.97. The molecular formula is C4H6F3. The minimum atomic E-state index is -2.88. The summed E-state index contributed by atoms with van der Waals surface area (Å²) in [6.07, 6.45) is -4.30. The van der Waals surface area contributed by atoms with Crippen LogP contribution in [0.15, 0.2) is 0 Å². The maximum atomic E-state index is 11.4. The van der Waals surface area contributed by atoms with Crippen LogP contribution in [0.4, 0.5) is 13.2 Å². The van der Waals surface area contributed by atoms with Crippen molar-refractivity contribution < 1.29 is 13.2 Å². The maximum absolute atomic E-state index is 11.4. The van der Waals surface area contributed by atoms with E-state index in [0.717, 1.165) is 0 Å². The molecule has 7 heavy (non-hydrogen) atoms. The van der Waals surface area contributed by atoms with Gasteiger partial charge in [0.25, 0.3) is 6.43 Å². The molecule has 43 valence electrons. The Balaban J connectivity index is 3.14. The Labute approximate surface area is 40.3 Å². The summed E-state index contributed by atoms with van der Waals surface area (Å²) in [5.41, 5.74) is 0. The van der Waals surface area contributed by atoms with Crippen molar-refractivity contribution in [2.45, 2.75) is 19.8 Å². The molecule has 0 aromatic carbocycles. The van der Waals surface area contributed by atoms with E-state index in [0.29, 0.717) is 0 Å². The van der Waals surface area contributed by atoms with Gasteiger partial charge in [0.2, 0.25) is 6.17 Å². The fourth-order valence-corrected chi connectivity index (χ4v) is 0.154. The first kappa shape index (κ1) is 6.79. The number of halogens is 3. The molecule has 0 heterocycles. The van der Waals surface area contributed by atoms with Gasteiger partial charge in [0.15, 0.2) is 0 Å². The number of rotatable bonds is 2. The van der Waals surface area contributed by atoms with Crippen molar-refractivity contribution in [3.05, 3.63) is 6.17 Å². The number of hydrogen-bond donors (Lipinski definition) is 0. The quantitative estimate of drug-likeness (QED) is 0.512. The minimum Gasteiger partial charge on any atom is -0.234 e. The molecule has 0 aliphatic carbocycles. The van der Waals surface area contributed by atoms with E-state index in [2.05, 4.69) is 0 Å². The molecule has 0 N–H and O–H groups in total. The molecule has 0 bridgehead atoms. The Morgan fingerprint density at radius 2 is 2.00 bits per heavy atom. The fraction of sp³-hybridized carbons (Fsp3) is 0.750. The SMILES string of the molecule is CC[C](F)C(F)F. The maximum Gasteiger partial charge on any atom is 0.275 e. The van der Waals surface area contributed by atoms with Crippen LogP contribution in [0.2, 0.25) is 0 Å². The number of alkyl halides is 2. The van der Waals surface area contributed by atoms with Crippen LogP contribution in [0.25, 0.3) is 0 Å². The Morgan fingerprint density at radius 1 is 1.57 bits per heavy atom. The van der Waals surface area contributed by atoms with E-state index < -0.39 is 12.6 Å². The lowest BCUT2D eigenvalue weighted by molar-refractivity contribution is 0.111. The van der Waals surface area contributed by atoms with E-state index in [4.69, 9.17) is 0 Å². The predicted octanol–water partition coefficient (Wildman–Crippen LogP) is 2.16. The number of hydrogen-bond acceptors (Lipinski definition) is 0. The summed E-state index contributed by atoms with van der Waals surface area (Å²) < 4.78 is 33.5. The molecule has 0 aromatic rings. The first-order chi connectivity index (χ1) is 3.18. The summed E-state index contributed by atoms with van der Waals surface area (Å²) in [5, 5.41) is 0. The summed E-state index contributed by atoms with van der Waals surface area (Å²) in [6, 6.07) is 0. The van der Waals surface area contributed by atoms with Gasteiger partial charge in [0.1, 0.15) is 0 Å². The molecule has 0 rings (SSSR count). The first-order valence-electron chi connectivity index (χ1n) is 1.97. The van der Waals surface area contributed by atoms with E-state index in [1.54, 1.807) is 0 Å². The summed E-state index contributed by atoms with van der Waals surface area (Å²) in [5.74, 6) is 0. The molecule has 0 amide bonds. The Bertz CT molecular complexity index is 44.2. The predicted molar refractivity (Wildman–Crippen MR) is 20.6 cm³/mol. The summed E-state index contributed by atoms with van der Waals surface area (Å²) in [7, 11) is 0. The van der Waals surface area contributed by atoms with Crippen molar-refractivity contribution in [1.29, 1.82) is 0 Å². The third kappa shape index (κ3) is 2.48. The Hall–Kier alpha value is -0.210. The van der Waals surface area contributed by atoms with Crippen LogP contribution < -0.4 is 0 Å². The van der Waals surface area contributed by atoms with Crippen molar-refractivity contribution in [3.63, 3.8) is 0 Å². The van der Waals surface area contributed by atoms with Crippen LogP contribution in [-0.4, -0.2) is 6.43 Å². The molecular weight excluding hydrogens is 105 g/mol. The average Bonchev–Trinajstić information content (AvgIpc) is 1.65. The standard InChI is InChI=1S/C4H6F3/c1-2-3(5)4(6)7/h4H,2H2,1H3. The molecule has 0 unspecified atom stereocenters. The van der Waals surface area contributed by atoms with Crippen molar-refractivity contribution in [3.8, 4) is 0 Å². The molecule has 0 saturated heterocycles. The molecule has 1 radical (unpaired) electrons. The van der Waals surface area contributed by atoms with Crippen LogP contribution in [0.3, 0.4) is 0 Å². The second-order valence-corrected chi connectivity index (χ2v) is 1.10. The monoisotopic (exact) mass is 111 g/mol. The van der Waals surface area contributed by atoms with Crippen LogP contribution in [0, 0.1) is 6.17 Å². The fourth-order valence-electron chi connectivity index (χ4n) is 0.154. The zero-order valence-electron chi connectivity index (χ0n) is 3.92. The van der Waals surface area contributed by atoms with Gasteiger partial charge in [-0.1, -0.05) is 6.92 Å². The Morgan fingerprint density at radius 3 is 2.00 bits per heavy atom. The summed E-state index contributed by atoms with van der Waals surface area (Å²) in [4.78, 5) is 0. The van der Waals surface area contributed by atoms with Crippen molar-refractivity contribution in [1.82, 2.24) is 0 Å². The van der Waals surface area contributed by atoms with E-state index in [9.17, 15) is 13.2 Å². The third-order valence-electron chi connectivity index (χ3n) is 0.575. The molecule has 0 aliphatic heterocycles. The van der Waals surface area contributed by atoms with Gasteiger partial charge in [-0.2, -0.15) is 0 Å². The normalized spacial score (nSPS) is 11.1. The van der Waals surface area contributed by atoms with Gasteiger partial charge in [-0.15, -0.1) is 0 Å². The van der Waals surface area contributed by atoms with Crippen molar-refractivity contribution in [2.24, 2.45) is 0 Å². The van der Waals surface area contributed by atoms with Crippen LogP contribution in [0.1, 0.15) is 13.3 Å². The molecule has 0 atom stereocenters. The van der Waals surface area contributed by atoms with Gasteiger partial charge in [-0.05, 0) is 6.42 Å². The van der Waals surface area contributed by atoms with Crippen molar-refractivity contribution in [2.75, 3.05) is 0 Å². The molecule has 0 nitrogen and oxygen atoms in total. The van der Waals surface area contributed by atoms with Gasteiger partial charge in [-0.3, -0.25) is 0 Å². The van der Waals surface area contributed by atoms with Crippen LogP contribution in [0.5, 0.6) is 0 Å². The lowest BCUT2D eigenvalue weighted by Gasteiger charge is -1.97. The zero-order valence-corrected chi connectivity index (χ0v) is 3.92. The summed E-state index contributed by atoms with van der Waals surface area (Å²) >= 11 is 0. The highest BCUT2D eigenvalue weighted by atomic mass is 19.3. The van der Waals surface area contributed by atoms with Crippen LogP contribution in [-0.2, 0) is 0 Å². The second kappa shape index (κ2) is 2.88.